The number of aromatic nitrogens is 2. The summed E-state index contributed by atoms with van der Waals surface area (Å²) in [5.41, 5.74) is 4.09. The fraction of sp³-hybridized carbons (Fsp3) is 0.263. The number of rotatable bonds is 7. The van der Waals surface area contributed by atoms with E-state index in [0.29, 0.717) is 26.1 Å². The number of aromatic amines is 1. The number of methoxy groups -OCH3 is 1. The Morgan fingerprint density at radius 1 is 1.12 bits per heavy atom. The highest BCUT2D eigenvalue weighted by Gasteiger charge is 2.04. The van der Waals surface area contributed by atoms with E-state index < -0.39 is 0 Å². The molecule has 2 amide bonds. The van der Waals surface area contributed by atoms with E-state index in [9.17, 15) is 4.79 Å². The molecule has 1 heterocycles. The molecule has 0 spiro atoms. The molecule has 0 aliphatic carbocycles. The van der Waals surface area contributed by atoms with Gasteiger partial charge < -0.3 is 20.4 Å². The largest absolute Gasteiger partial charge is 0.380 e. The molecule has 3 rings (SSSR count). The fourth-order valence-corrected chi connectivity index (χ4v) is 2.66. The monoisotopic (exact) mass is 338 g/mol. The van der Waals surface area contributed by atoms with E-state index in [1.165, 1.54) is 0 Å². The van der Waals surface area contributed by atoms with Crippen molar-refractivity contribution in [1.29, 1.82) is 0 Å². The number of fused-ring (bicyclic) bond motifs is 1. The molecular formula is C19H22N4O2. The van der Waals surface area contributed by atoms with Gasteiger partial charge in [0.05, 0.1) is 17.6 Å². The number of para-hydroxylation sites is 2. The van der Waals surface area contributed by atoms with Gasteiger partial charge in [-0.05, 0) is 23.3 Å². The third-order valence-electron chi connectivity index (χ3n) is 3.84. The van der Waals surface area contributed by atoms with Gasteiger partial charge in [0.2, 0.25) is 0 Å². The SMILES string of the molecule is COCc1cccc(CNC(=O)NCCc2nc3ccccc3[nH]2)c1. The third kappa shape index (κ3) is 4.81. The quantitative estimate of drug-likeness (QED) is 0.620. The lowest BCUT2D eigenvalue weighted by Crippen LogP contribution is -2.36. The minimum Gasteiger partial charge on any atom is -0.380 e. The van der Waals surface area contributed by atoms with Crippen LogP contribution < -0.4 is 10.6 Å². The van der Waals surface area contributed by atoms with Crippen molar-refractivity contribution in [2.24, 2.45) is 0 Å². The van der Waals surface area contributed by atoms with Crippen molar-refractivity contribution in [3.05, 3.63) is 65.5 Å². The molecule has 3 N–H and O–H groups in total. The summed E-state index contributed by atoms with van der Waals surface area (Å²) in [6, 6.07) is 15.7. The van der Waals surface area contributed by atoms with Crippen LogP contribution in [0.15, 0.2) is 48.5 Å². The third-order valence-corrected chi connectivity index (χ3v) is 3.84. The van der Waals surface area contributed by atoms with Crippen LogP contribution in [0.3, 0.4) is 0 Å². The lowest BCUT2D eigenvalue weighted by molar-refractivity contribution is 0.185. The fourth-order valence-electron chi connectivity index (χ4n) is 2.66. The van der Waals surface area contributed by atoms with Crippen LogP contribution >= 0.6 is 0 Å². The number of amides is 2. The predicted molar refractivity (Wildman–Crippen MR) is 97.2 cm³/mol. The Kier molecular flexibility index (Phi) is 5.64. The summed E-state index contributed by atoms with van der Waals surface area (Å²) in [6.07, 6.45) is 0.658. The Balaban J connectivity index is 1.42. The molecular weight excluding hydrogens is 316 g/mol. The molecule has 1 aromatic heterocycles. The van der Waals surface area contributed by atoms with Gasteiger partial charge >= 0.3 is 6.03 Å². The first-order valence-electron chi connectivity index (χ1n) is 8.26. The molecule has 2 aromatic carbocycles. The maximum Gasteiger partial charge on any atom is 0.315 e. The summed E-state index contributed by atoms with van der Waals surface area (Å²) in [5.74, 6) is 0.869. The van der Waals surface area contributed by atoms with Gasteiger partial charge in [-0.2, -0.15) is 0 Å². The summed E-state index contributed by atoms with van der Waals surface area (Å²) < 4.78 is 5.12. The smallest absolute Gasteiger partial charge is 0.315 e. The molecule has 0 atom stereocenters. The van der Waals surface area contributed by atoms with Crippen molar-refractivity contribution in [2.45, 2.75) is 19.6 Å². The van der Waals surface area contributed by atoms with Gasteiger partial charge in [0, 0.05) is 26.6 Å². The molecule has 0 unspecified atom stereocenters. The van der Waals surface area contributed by atoms with Crippen molar-refractivity contribution in [3.63, 3.8) is 0 Å². The van der Waals surface area contributed by atoms with Crippen LogP contribution in [0.2, 0.25) is 0 Å². The minimum absolute atomic E-state index is 0.187. The Morgan fingerprint density at radius 2 is 1.96 bits per heavy atom. The number of imidazole rings is 1. The normalized spacial score (nSPS) is 10.8. The Labute approximate surface area is 146 Å². The summed E-state index contributed by atoms with van der Waals surface area (Å²) in [5, 5.41) is 5.71. The number of benzene rings is 2. The topological polar surface area (TPSA) is 79.0 Å². The number of carbonyl (C=O) groups is 1. The number of urea groups is 1. The van der Waals surface area contributed by atoms with Crippen molar-refractivity contribution in [1.82, 2.24) is 20.6 Å². The van der Waals surface area contributed by atoms with Gasteiger partial charge in [0.25, 0.3) is 0 Å². The van der Waals surface area contributed by atoms with Crippen LogP contribution in [0, 0.1) is 0 Å². The standard InChI is InChI=1S/C19H22N4O2/c1-25-13-15-6-4-5-14(11-15)12-21-19(24)20-10-9-18-22-16-7-2-3-8-17(16)23-18/h2-8,11H,9-10,12-13H2,1H3,(H,22,23)(H2,20,21,24). The molecule has 3 aromatic rings. The molecule has 6 nitrogen and oxygen atoms in total. The first-order chi connectivity index (χ1) is 12.2. The van der Waals surface area contributed by atoms with Gasteiger partial charge in [-0.1, -0.05) is 36.4 Å². The zero-order valence-electron chi connectivity index (χ0n) is 14.2. The maximum absolute atomic E-state index is 11.9. The van der Waals surface area contributed by atoms with E-state index in [-0.39, 0.29) is 6.03 Å². The van der Waals surface area contributed by atoms with Crippen LogP contribution in [-0.2, 0) is 24.3 Å². The highest BCUT2D eigenvalue weighted by molar-refractivity contribution is 5.75. The number of nitrogens with one attached hydrogen (secondary N) is 3. The zero-order chi connectivity index (χ0) is 17.5. The molecule has 0 radical (unpaired) electrons. The molecule has 0 aliphatic rings. The van der Waals surface area contributed by atoms with E-state index in [2.05, 4.69) is 20.6 Å². The first kappa shape index (κ1) is 17.0. The number of hydrogen-bond donors (Lipinski definition) is 3. The molecule has 130 valence electrons. The predicted octanol–water partition coefficient (Wildman–Crippen LogP) is 2.75. The Hall–Kier alpha value is -2.86. The molecule has 6 heteroatoms. The van der Waals surface area contributed by atoms with Gasteiger partial charge in [0.15, 0.2) is 0 Å². The van der Waals surface area contributed by atoms with E-state index in [0.717, 1.165) is 28.0 Å². The van der Waals surface area contributed by atoms with E-state index >= 15 is 0 Å². The van der Waals surface area contributed by atoms with Crippen LogP contribution in [0.5, 0.6) is 0 Å². The highest BCUT2D eigenvalue weighted by Crippen LogP contribution is 2.10. The lowest BCUT2D eigenvalue weighted by atomic mass is 10.1. The summed E-state index contributed by atoms with van der Waals surface area (Å²) in [6.45, 7) is 1.57. The second-order valence-electron chi connectivity index (χ2n) is 5.81. The van der Waals surface area contributed by atoms with E-state index in [1.54, 1.807) is 7.11 Å². The molecule has 0 aliphatic heterocycles. The molecule has 0 fully saturated rings. The molecule has 0 saturated heterocycles. The van der Waals surface area contributed by atoms with Crippen molar-refractivity contribution in [3.8, 4) is 0 Å². The van der Waals surface area contributed by atoms with Gasteiger partial charge in [-0.25, -0.2) is 9.78 Å². The van der Waals surface area contributed by atoms with Crippen molar-refractivity contribution >= 4 is 17.1 Å². The minimum atomic E-state index is -0.187. The second-order valence-corrected chi connectivity index (χ2v) is 5.81. The number of carbonyl (C=O) groups excluding carboxylic acids is 1. The average molecular weight is 338 g/mol. The van der Waals surface area contributed by atoms with Crippen LogP contribution in [0.4, 0.5) is 4.79 Å². The first-order valence-corrected chi connectivity index (χ1v) is 8.26. The lowest BCUT2D eigenvalue weighted by Gasteiger charge is -2.08. The number of ether oxygens (including phenoxy) is 1. The van der Waals surface area contributed by atoms with Crippen molar-refractivity contribution < 1.29 is 9.53 Å². The van der Waals surface area contributed by atoms with Gasteiger partial charge in [-0.15, -0.1) is 0 Å². The maximum atomic E-state index is 11.9. The van der Waals surface area contributed by atoms with Crippen LogP contribution in [-0.4, -0.2) is 29.7 Å². The molecule has 25 heavy (non-hydrogen) atoms. The van der Waals surface area contributed by atoms with E-state index in [4.69, 9.17) is 4.74 Å². The number of H-pyrrole nitrogens is 1. The number of hydrogen-bond acceptors (Lipinski definition) is 3. The van der Waals surface area contributed by atoms with Crippen LogP contribution in [0.25, 0.3) is 11.0 Å². The summed E-state index contributed by atoms with van der Waals surface area (Å²) >= 11 is 0. The van der Waals surface area contributed by atoms with Crippen LogP contribution in [0.1, 0.15) is 17.0 Å². The Morgan fingerprint density at radius 3 is 2.80 bits per heavy atom. The highest BCUT2D eigenvalue weighted by atomic mass is 16.5. The second kappa shape index (κ2) is 8.30. The molecule has 0 saturated carbocycles. The number of nitrogens with zero attached hydrogens (tertiary/aromatic N) is 1. The zero-order valence-corrected chi connectivity index (χ0v) is 14.2. The van der Waals surface area contributed by atoms with E-state index in [1.807, 2.05) is 48.5 Å². The average Bonchev–Trinajstić information content (AvgIpc) is 3.03. The summed E-state index contributed by atoms with van der Waals surface area (Å²) in [4.78, 5) is 19.7. The Bertz CT molecular complexity index is 811. The molecule has 0 bridgehead atoms. The van der Waals surface area contributed by atoms with Crippen molar-refractivity contribution in [2.75, 3.05) is 13.7 Å². The van der Waals surface area contributed by atoms with Gasteiger partial charge in [-0.3, -0.25) is 0 Å². The van der Waals surface area contributed by atoms with Gasteiger partial charge in [0.1, 0.15) is 5.82 Å². The summed E-state index contributed by atoms with van der Waals surface area (Å²) in [7, 11) is 1.67.